The minimum atomic E-state index is -0.210. The molecule has 1 aromatic heterocycles. The van der Waals surface area contributed by atoms with Crippen LogP contribution in [0, 0.1) is 6.92 Å². The number of aryl methyl sites for hydroxylation is 1. The average Bonchev–Trinajstić information content (AvgIpc) is 2.91. The number of hydrogen-bond donors (Lipinski definition) is 1. The normalized spacial score (nSPS) is 11.0. The van der Waals surface area contributed by atoms with Gasteiger partial charge in [0.2, 0.25) is 0 Å². The lowest BCUT2D eigenvalue weighted by atomic mass is 10.1. The molecule has 0 aliphatic rings. The average molecular weight is 388 g/mol. The Morgan fingerprint density at radius 1 is 1.21 bits per heavy atom. The molecule has 0 aliphatic heterocycles. The maximum Gasteiger partial charge on any atom is 0.290 e. The van der Waals surface area contributed by atoms with E-state index in [-0.39, 0.29) is 19.1 Å². The number of amides is 1. The summed E-state index contributed by atoms with van der Waals surface area (Å²) in [5.41, 5.74) is 2.51. The number of fused-ring (bicyclic) bond motifs is 1. The van der Waals surface area contributed by atoms with Gasteiger partial charge in [-0.25, -0.2) is 0 Å². The minimum absolute atomic E-state index is 0.0939. The van der Waals surface area contributed by atoms with Crippen molar-refractivity contribution in [2.75, 3.05) is 13.2 Å². The second-order valence-corrected chi connectivity index (χ2v) is 6.55. The molecule has 0 aliphatic carbocycles. The van der Waals surface area contributed by atoms with Crippen LogP contribution in [0.1, 0.15) is 21.7 Å². The van der Waals surface area contributed by atoms with E-state index in [9.17, 15) is 9.90 Å². The largest absolute Gasteiger partial charge is 0.451 e. The first-order valence-electron chi connectivity index (χ1n) is 7.73. The summed E-state index contributed by atoms with van der Waals surface area (Å²) in [4.78, 5) is 14.5. The highest BCUT2D eigenvalue weighted by Gasteiger charge is 2.23. The Balaban J connectivity index is 1.94. The number of hydrogen-bond acceptors (Lipinski definition) is 3. The molecule has 1 amide bonds. The Kier molecular flexibility index (Phi) is 5.02. The van der Waals surface area contributed by atoms with E-state index in [4.69, 9.17) is 4.42 Å². The Morgan fingerprint density at radius 2 is 1.96 bits per heavy atom. The summed E-state index contributed by atoms with van der Waals surface area (Å²) in [6, 6.07) is 15.4. The molecule has 0 saturated carbocycles. The number of nitrogens with zero attached hydrogens (tertiary/aromatic N) is 1. The predicted octanol–water partition coefficient (Wildman–Crippen LogP) is 4.14. The summed E-state index contributed by atoms with van der Waals surface area (Å²) in [6.45, 7) is 2.48. The number of carbonyl (C=O) groups is 1. The summed E-state index contributed by atoms with van der Waals surface area (Å²) < 4.78 is 6.73. The third-order valence-electron chi connectivity index (χ3n) is 3.97. The molecule has 0 saturated heterocycles. The maximum atomic E-state index is 12.9. The van der Waals surface area contributed by atoms with Crippen molar-refractivity contribution < 1.29 is 14.3 Å². The Hall–Kier alpha value is -2.11. The van der Waals surface area contributed by atoms with Crippen molar-refractivity contribution in [2.24, 2.45) is 0 Å². The highest BCUT2D eigenvalue weighted by atomic mass is 79.9. The number of aliphatic hydroxyl groups excluding tert-OH is 1. The first-order valence-corrected chi connectivity index (χ1v) is 8.52. The smallest absolute Gasteiger partial charge is 0.290 e. The lowest BCUT2D eigenvalue weighted by Crippen LogP contribution is -2.33. The third kappa shape index (κ3) is 3.37. The van der Waals surface area contributed by atoms with Gasteiger partial charge in [-0.3, -0.25) is 4.79 Å². The van der Waals surface area contributed by atoms with Gasteiger partial charge in [-0.15, -0.1) is 0 Å². The van der Waals surface area contributed by atoms with Crippen molar-refractivity contribution in [1.29, 1.82) is 0 Å². The van der Waals surface area contributed by atoms with Crippen LogP contribution in [0.5, 0.6) is 0 Å². The van der Waals surface area contributed by atoms with Crippen molar-refractivity contribution in [3.8, 4) is 0 Å². The third-order valence-corrected chi connectivity index (χ3v) is 4.46. The van der Waals surface area contributed by atoms with E-state index >= 15 is 0 Å². The molecule has 0 unspecified atom stereocenters. The minimum Gasteiger partial charge on any atom is -0.451 e. The van der Waals surface area contributed by atoms with Crippen molar-refractivity contribution in [1.82, 2.24) is 4.90 Å². The lowest BCUT2D eigenvalue weighted by molar-refractivity contribution is 0.0677. The molecule has 0 atom stereocenters. The number of halogens is 1. The number of furan rings is 1. The van der Waals surface area contributed by atoms with Gasteiger partial charge < -0.3 is 14.4 Å². The summed E-state index contributed by atoms with van der Waals surface area (Å²) in [7, 11) is 0. The van der Waals surface area contributed by atoms with Crippen LogP contribution in [0.25, 0.3) is 11.0 Å². The standard InChI is InChI=1S/C19H18BrNO3/c1-13-16-11-15(20)7-8-17(16)24-18(13)19(23)21(9-10-22)12-14-5-3-2-4-6-14/h2-8,11,22H,9-10,12H2,1H3. The summed E-state index contributed by atoms with van der Waals surface area (Å²) >= 11 is 3.44. The van der Waals surface area contributed by atoms with Gasteiger partial charge in [0.05, 0.1) is 6.61 Å². The van der Waals surface area contributed by atoms with E-state index in [0.29, 0.717) is 17.9 Å². The fourth-order valence-corrected chi connectivity index (χ4v) is 3.08. The van der Waals surface area contributed by atoms with Gasteiger partial charge in [-0.2, -0.15) is 0 Å². The van der Waals surface area contributed by atoms with Crippen molar-refractivity contribution in [3.63, 3.8) is 0 Å². The zero-order valence-corrected chi connectivity index (χ0v) is 14.9. The van der Waals surface area contributed by atoms with Crippen LogP contribution < -0.4 is 0 Å². The number of benzene rings is 2. The fourth-order valence-electron chi connectivity index (χ4n) is 2.72. The zero-order chi connectivity index (χ0) is 17.1. The lowest BCUT2D eigenvalue weighted by Gasteiger charge is -2.21. The first-order chi connectivity index (χ1) is 11.6. The molecule has 0 bridgehead atoms. The van der Waals surface area contributed by atoms with E-state index in [2.05, 4.69) is 15.9 Å². The Morgan fingerprint density at radius 3 is 2.67 bits per heavy atom. The van der Waals surface area contributed by atoms with Crippen molar-refractivity contribution >= 4 is 32.8 Å². The molecule has 0 fully saturated rings. The van der Waals surface area contributed by atoms with Gasteiger partial charge in [0.25, 0.3) is 5.91 Å². The molecule has 0 spiro atoms. The van der Waals surface area contributed by atoms with Gasteiger partial charge in [-0.05, 0) is 30.7 Å². The van der Waals surface area contributed by atoms with Crippen LogP contribution in [0.3, 0.4) is 0 Å². The second-order valence-electron chi connectivity index (χ2n) is 5.63. The van der Waals surface area contributed by atoms with Crippen molar-refractivity contribution in [2.45, 2.75) is 13.5 Å². The summed E-state index contributed by atoms with van der Waals surface area (Å²) in [5, 5.41) is 10.2. The molecule has 24 heavy (non-hydrogen) atoms. The van der Waals surface area contributed by atoms with Crippen LogP contribution in [0.15, 0.2) is 57.4 Å². The highest BCUT2D eigenvalue weighted by molar-refractivity contribution is 9.10. The van der Waals surface area contributed by atoms with Gasteiger partial charge in [-0.1, -0.05) is 46.3 Å². The van der Waals surface area contributed by atoms with E-state index in [0.717, 1.165) is 21.0 Å². The number of rotatable bonds is 5. The molecule has 1 heterocycles. The molecule has 3 aromatic rings. The first kappa shape index (κ1) is 16.7. The SMILES string of the molecule is Cc1c(C(=O)N(CCO)Cc2ccccc2)oc2ccc(Br)cc12. The quantitative estimate of drug-likeness (QED) is 0.715. The van der Waals surface area contributed by atoms with E-state index in [1.165, 1.54) is 0 Å². The van der Waals surface area contributed by atoms with Gasteiger partial charge in [0, 0.05) is 28.5 Å². The summed E-state index contributed by atoms with van der Waals surface area (Å²) in [5.74, 6) is 0.116. The van der Waals surface area contributed by atoms with E-state index in [1.54, 1.807) is 4.90 Å². The molecule has 0 radical (unpaired) electrons. The second kappa shape index (κ2) is 7.20. The van der Waals surface area contributed by atoms with Crippen LogP contribution >= 0.6 is 15.9 Å². The van der Waals surface area contributed by atoms with Crippen LogP contribution in [0.2, 0.25) is 0 Å². The zero-order valence-electron chi connectivity index (χ0n) is 13.3. The number of carbonyl (C=O) groups excluding carboxylic acids is 1. The van der Waals surface area contributed by atoms with Gasteiger partial charge in [0.15, 0.2) is 5.76 Å². The summed E-state index contributed by atoms with van der Waals surface area (Å²) in [6.07, 6.45) is 0. The predicted molar refractivity (Wildman–Crippen MR) is 96.9 cm³/mol. The van der Waals surface area contributed by atoms with Crippen molar-refractivity contribution in [3.05, 3.63) is 69.9 Å². The van der Waals surface area contributed by atoms with Crippen LogP contribution in [-0.2, 0) is 6.54 Å². The van der Waals surface area contributed by atoms with E-state index < -0.39 is 0 Å². The molecular weight excluding hydrogens is 370 g/mol. The monoisotopic (exact) mass is 387 g/mol. The van der Waals surface area contributed by atoms with E-state index in [1.807, 2.05) is 55.5 Å². The Bertz CT molecular complexity index is 858. The Labute approximate surface area is 148 Å². The fraction of sp³-hybridized carbons (Fsp3) is 0.211. The molecule has 5 heteroatoms. The van der Waals surface area contributed by atoms with Gasteiger partial charge in [0.1, 0.15) is 5.58 Å². The molecule has 4 nitrogen and oxygen atoms in total. The van der Waals surface area contributed by atoms with Crippen LogP contribution in [0.4, 0.5) is 0 Å². The molecular formula is C19H18BrNO3. The molecule has 1 N–H and O–H groups in total. The molecule has 2 aromatic carbocycles. The van der Waals surface area contributed by atoms with Gasteiger partial charge >= 0.3 is 0 Å². The maximum absolute atomic E-state index is 12.9. The van der Waals surface area contributed by atoms with Crippen LogP contribution in [-0.4, -0.2) is 29.1 Å². The molecule has 124 valence electrons. The molecule has 3 rings (SSSR count). The highest BCUT2D eigenvalue weighted by Crippen LogP contribution is 2.29. The topological polar surface area (TPSA) is 53.7 Å². The number of aliphatic hydroxyl groups is 1.